The standard InChI is InChI=1S/C16H22ClN5/c1-22(2)11-4-3-9-18-15-8-10-19-16(21-15)20-14-7-5-6-13(17)12-14/h5-8,10,12H,3-4,9,11H2,1-2H3,(H2,18,19,20,21). The van der Waals surface area contributed by atoms with Crippen LogP contribution in [0, 0.1) is 0 Å². The number of anilines is 3. The maximum atomic E-state index is 5.97. The summed E-state index contributed by atoms with van der Waals surface area (Å²) < 4.78 is 0. The third kappa shape index (κ3) is 5.87. The topological polar surface area (TPSA) is 53.1 Å². The molecule has 0 spiro atoms. The van der Waals surface area contributed by atoms with E-state index < -0.39 is 0 Å². The second kappa shape index (κ2) is 8.56. The summed E-state index contributed by atoms with van der Waals surface area (Å²) in [5, 5.41) is 7.15. The number of nitrogens with zero attached hydrogens (tertiary/aromatic N) is 3. The summed E-state index contributed by atoms with van der Waals surface area (Å²) in [5.74, 6) is 1.38. The minimum absolute atomic E-state index is 0.556. The largest absolute Gasteiger partial charge is 0.370 e. The van der Waals surface area contributed by atoms with Crippen LogP contribution >= 0.6 is 11.6 Å². The fraction of sp³-hybridized carbons (Fsp3) is 0.375. The van der Waals surface area contributed by atoms with Crippen molar-refractivity contribution in [3.63, 3.8) is 0 Å². The van der Waals surface area contributed by atoms with Crippen molar-refractivity contribution in [1.82, 2.24) is 14.9 Å². The van der Waals surface area contributed by atoms with Crippen LogP contribution in [0.5, 0.6) is 0 Å². The molecule has 1 aromatic carbocycles. The number of hydrogen-bond donors (Lipinski definition) is 2. The second-order valence-electron chi connectivity index (χ2n) is 5.34. The molecule has 118 valence electrons. The lowest BCUT2D eigenvalue weighted by Gasteiger charge is -2.10. The Morgan fingerprint density at radius 3 is 2.82 bits per heavy atom. The van der Waals surface area contributed by atoms with Crippen LogP contribution in [0.1, 0.15) is 12.8 Å². The number of halogens is 1. The molecule has 0 fully saturated rings. The molecule has 6 heteroatoms. The second-order valence-corrected chi connectivity index (χ2v) is 5.77. The minimum atomic E-state index is 0.556. The lowest BCUT2D eigenvalue weighted by molar-refractivity contribution is 0.396. The van der Waals surface area contributed by atoms with Gasteiger partial charge in [0.2, 0.25) is 5.95 Å². The van der Waals surface area contributed by atoms with Crippen molar-refractivity contribution in [2.45, 2.75) is 12.8 Å². The lowest BCUT2D eigenvalue weighted by atomic mass is 10.3. The van der Waals surface area contributed by atoms with Gasteiger partial charge in [0.25, 0.3) is 0 Å². The van der Waals surface area contributed by atoms with Gasteiger partial charge in [0.05, 0.1) is 0 Å². The van der Waals surface area contributed by atoms with E-state index >= 15 is 0 Å². The van der Waals surface area contributed by atoms with Gasteiger partial charge < -0.3 is 15.5 Å². The SMILES string of the molecule is CN(C)CCCCNc1ccnc(Nc2cccc(Cl)c2)n1. The first-order chi connectivity index (χ1) is 10.6. The van der Waals surface area contributed by atoms with Gasteiger partial charge in [-0.1, -0.05) is 17.7 Å². The third-order valence-corrected chi connectivity index (χ3v) is 3.31. The molecule has 1 heterocycles. The van der Waals surface area contributed by atoms with Gasteiger partial charge in [-0.3, -0.25) is 0 Å². The molecule has 0 radical (unpaired) electrons. The smallest absolute Gasteiger partial charge is 0.229 e. The van der Waals surface area contributed by atoms with Crippen molar-refractivity contribution >= 4 is 29.1 Å². The summed E-state index contributed by atoms with van der Waals surface area (Å²) in [5.41, 5.74) is 0.871. The van der Waals surface area contributed by atoms with Crippen molar-refractivity contribution < 1.29 is 0 Å². The van der Waals surface area contributed by atoms with Gasteiger partial charge >= 0.3 is 0 Å². The van der Waals surface area contributed by atoms with E-state index in [1.165, 1.54) is 6.42 Å². The van der Waals surface area contributed by atoms with Crippen molar-refractivity contribution in [1.29, 1.82) is 0 Å². The highest BCUT2D eigenvalue weighted by Crippen LogP contribution is 2.18. The summed E-state index contributed by atoms with van der Waals surface area (Å²) in [6.45, 7) is 2.01. The number of unbranched alkanes of at least 4 members (excludes halogenated alkanes) is 1. The average molecular weight is 320 g/mol. The fourth-order valence-corrected chi connectivity index (χ4v) is 2.17. The summed E-state index contributed by atoms with van der Waals surface area (Å²) in [4.78, 5) is 10.9. The predicted octanol–water partition coefficient (Wildman–Crippen LogP) is 3.63. The monoisotopic (exact) mass is 319 g/mol. The number of hydrogen-bond acceptors (Lipinski definition) is 5. The van der Waals surface area contributed by atoms with Gasteiger partial charge in [-0.25, -0.2) is 4.98 Å². The van der Waals surface area contributed by atoms with Crippen LogP contribution in [0.25, 0.3) is 0 Å². The third-order valence-electron chi connectivity index (χ3n) is 3.07. The first-order valence-corrected chi connectivity index (χ1v) is 7.75. The molecule has 22 heavy (non-hydrogen) atoms. The first kappa shape index (κ1) is 16.5. The van der Waals surface area contributed by atoms with Crippen molar-refractivity contribution in [2.75, 3.05) is 37.8 Å². The number of rotatable bonds is 8. The summed E-state index contributed by atoms with van der Waals surface area (Å²) in [6, 6.07) is 9.36. The number of benzene rings is 1. The first-order valence-electron chi connectivity index (χ1n) is 7.38. The molecule has 0 saturated heterocycles. The zero-order valence-corrected chi connectivity index (χ0v) is 13.8. The Balaban J connectivity index is 1.84. The molecule has 2 aromatic rings. The average Bonchev–Trinajstić information content (AvgIpc) is 2.47. The maximum absolute atomic E-state index is 5.97. The van der Waals surface area contributed by atoms with E-state index in [4.69, 9.17) is 11.6 Å². The van der Waals surface area contributed by atoms with Crippen LogP contribution in [0.2, 0.25) is 5.02 Å². The highest BCUT2D eigenvalue weighted by Gasteiger charge is 2.01. The van der Waals surface area contributed by atoms with Crippen molar-refractivity contribution in [3.05, 3.63) is 41.6 Å². The Hall–Kier alpha value is -1.85. The quantitative estimate of drug-likeness (QED) is 0.728. The van der Waals surface area contributed by atoms with Crippen molar-refractivity contribution in [3.8, 4) is 0 Å². The van der Waals surface area contributed by atoms with Crippen molar-refractivity contribution in [2.24, 2.45) is 0 Å². The van der Waals surface area contributed by atoms with E-state index in [2.05, 4.69) is 39.6 Å². The molecular formula is C16H22ClN5. The molecule has 0 unspecified atom stereocenters. The molecule has 0 aliphatic carbocycles. The Morgan fingerprint density at radius 1 is 1.18 bits per heavy atom. The van der Waals surface area contributed by atoms with Gasteiger partial charge in [0, 0.05) is 23.5 Å². The van der Waals surface area contributed by atoms with E-state index in [1.807, 2.05) is 30.3 Å². The van der Waals surface area contributed by atoms with E-state index in [9.17, 15) is 0 Å². The summed E-state index contributed by atoms with van der Waals surface area (Å²) in [6.07, 6.45) is 4.01. The molecule has 0 aliphatic rings. The zero-order chi connectivity index (χ0) is 15.8. The zero-order valence-electron chi connectivity index (χ0n) is 13.0. The number of nitrogens with one attached hydrogen (secondary N) is 2. The molecule has 0 amide bonds. The summed E-state index contributed by atoms with van der Waals surface area (Å²) in [7, 11) is 4.18. The molecular weight excluding hydrogens is 298 g/mol. The van der Waals surface area contributed by atoms with Gasteiger partial charge in [0.15, 0.2) is 0 Å². The van der Waals surface area contributed by atoms with E-state index in [-0.39, 0.29) is 0 Å². The molecule has 0 aliphatic heterocycles. The lowest BCUT2D eigenvalue weighted by Crippen LogP contribution is -2.14. The molecule has 0 bridgehead atoms. The summed E-state index contributed by atoms with van der Waals surface area (Å²) >= 11 is 5.97. The molecule has 2 rings (SSSR count). The van der Waals surface area contributed by atoms with Crippen LogP contribution in [0.3, 0.4) is 0 Å². The van der Waals surface area contributed by atoms with Gasteiger partial charge in [0.1, 0.15) is 5.82 Å². The Bertz CT molecular complexity index is 588. The van der Waals surface area contributed by atoms with Crippen LogP contribution in [0.15, 0.2) is 36.5 Å². The number of aromatic nitrogens is 2. The van der Waals surface area contributed by atoms with Gasteiger partial charge in [-0.05, 0) is 57.7 Å². The Kier molecular flexibility index (Phi) is 6.43. The molecule has 5 nitrogen and oxygen atoms in total. The molecule has 0 atom stereocenters. The maximum Gasteiger partial charge on any atom is 0.229 e. The van der Waals surface area contributed by atoms with E-state index in [1.54, 1.807) is 6.20 Å². The predicted molar refractivity (Wildman–Crippen MR) is 93.0 cm³/mol. The minimum Gasteiger partial charge on any atom is -0.370 e. The molecule has 1 aromatic heterocycles. The highest BCUT2D eigenvalue weighted by molar-refractivity contribution is 6.30. The Morgan fingerprint density at radius 2 is 2.05 bits per heavy atom. The van der Waals surface area contributed by atoms with Gasteiger partial charge in [-0.15, -0.1) is 0 Å². The van der Waals surface area contributed by atoms with E-state index in [0.717, 1.165) is 31.0 Å². The van der Waals surface area contributed by atoms with Crippen LogP contribution in [-0.2, 0) is 0 Å². The van der Waals surface area contributed by atoms with Crippen LogP contribution < -0.4 is 10.6 Å². The normalized spacial score (nSPS) is 10.7. The molecule has 0 saturated carbocycles. The Labute approximate surface area is 136 Å². The highest BCUT2D eigenvalue weighted by atomic mass is 35.5. The molecule has 2 N–H and O–H groups in total. The van der Waals surface area contributed by atoms with Gasteiger partial charge in [-0.2, -0.15) is 4.98 Å². The fourth-order valence-electron chi connectivity index (χ4n) is 1.98. The van der Waals surface area contributed by atoms with Crippen LogP contribution in [0.4, 0.5) is 17.5 Å². The van der Waals surface area contributed by atoms with Crippen LogP contribution in [-0.4, -0.2) is 42.1 Å². The van der Waals surface area contributed by atoms with E-state index in [0.29, 0.717) is 11.0 Å².